The molecule has 3 rings (SSSR count). The van der Waals surface area contributed by atoms with Gasteiger partial charge in [0.05, 0.1) is 17.6 Å². The monoisotopic (exact) mass is 319 g/mol. The maximum absolute atomic E-state index is 12.4. The van der Waals surface area contributed by atoms with E-state index in [1.165, 1.54) is 0 Å². The summed E-state index contributed by atoms with van der Waals surface area (Å²) in [5, 5.41) is 14.6. The lowest BCUT2D eigenvalue weighted by Gasteiger charge is -2.14. The predicted molar refractivity (Wildman–Crippen MR) is 91.8 cm³/mol. The number of rotatable bonds is 3. The number of carbonyl (C=O) groups excluding carboxylic acids is 2. The van der Waals surface area contributed by atoms with Gasteiger partial charge < -0.3 is 10.6 Å². The zero-order chi connectivity index (χ0) is 17.3. The molecule has 0 saturated carbocycles. The summed E-state index contributed by atoms with van der Waals surface area (Å²) in [5.41, 5.74) is 3.18. The van der Waals surface area contributed by atoms with Gasteiger partial charge in [-0.3, -0.25) is 9.59 Å². The molecule has 0 spiro atoms. The van der Waals surface area contributed by atoms with Gasteiger partial charge in [0, 0.05) is 16.9 Å². The molecule has 1 aliphatic rings. The van der Waals surface area contributed by atoms with Crippen LogP contribution in [0.25, 0.3) is 0 Å². The molecule has 0 radical (unpaired) electrons. The highest BCUT2D eigenvalue weighted by atomic mass is 16.2. The van der Waals surface area contributed by atoms with Gasteiger partial charge in [-0.25, -0.2) is 0 Å². The van der Waals surface area contributed by atoms with Gasteiger partial charge >= 0.3 is 0 Å². The Balaban J connectivity index is 1.86. The topological polar surface area (TPSA) is 82.0 Å². The van der Waals surface area contributed by atoms with E-state index < -0.39 is 0 Å². The maximum atomic E-state index is 12.4. The third-order valence-electron chi connectivity index (χ3n) is 4.11. The van der Waals surface area contributed by atoms with Crippen LogP contribution in [0.4, 0.5) is 11.4 Å². The summed E-state index contributed by atoms with van der Waals surface area (Å²) >= 11 is 0. The van der Waals surface area contributed by atoms with Crippen LogP contribution in [-0.2, 0) is 4.79 Å². The second-order valence-electron chi connectivity index (χ2n) is 6.16. The van der Waals surface area contributed by atoms with E-state index in [0.717, 1.165) is 11.3 Å². The number of hydrogen-bond donors (Lipinski definition) is 2. The summed E-state index contributed by atoms with van der Waals surface area (Å²) in [6.07, 6.45) is 0. The smallest absolute Gasteiger partial charge is 0.255 e. The molecule has 0 bridgehead atoms. The zero-order valence-corrected chi connectivity index (χ0v) is 13.5. The number of nitriles is 1. The van der Waals surface area contributed by atoms with E-state index in [-0.39, 0.29) is 23.7 Å². The van der Waals surface area contributed by atoms with Crippen LogP contribution >= 0.6 is 0 Å². The molecular formula is C19H17N3O2. The molecule has 2 N–H and O–H groups in total. The van der Waals surface area contributed by atoms with Crippen molar-refractivity contribution in [3.05, 3.63) is 59.2 Å². The number of amides is 2. The Morgan fingerprint density at radius 2 is 2.04 bits per heavy atom. The van der Waals surface area contributed by atoms with Gasteiger partial charge in [-0.2, -0.15) is 5.26 Å². The van der Waals surface area contributed by atoms with Crippen molar-refractivity contribution in [2.24, 2.45) is 5.92 Å². The number of benzene rings is 2. The van der Waals surface area contributed by atoms with Crippen LogP contribution in [-0.4, -0.2) is 11.8 Å². The Bertz CT molecular complexity index is 865. The maximum Gasteiger partial charge on any atom is 0.255 e. The molecule has 0 fully saturated rings. The minimum Gasteiger partial charge on any atom is -0.325 e. The molecule has 2 aromatic carbocycles. The molecule has 0 saturated heterocycles. The molecule has 24 heavy (non-hydrogen) atoms. The highest BCUT2D eigenvalue weighted by Crippen LogP contribution is 2.38. The Kier molecular flexibility index (Phi) is 4.05. The van der Waals surface area contributed by atoms with E-state index in [0.29, 0.717) is 16.8 Å². The lowest BCUT2D eigenvalue weighted by Crippen LogP contribution is -2.17. The number of nitrogens with zero attached hydrogens (tertiary/aromatic N) is 1. The second-order valence-corrected chi connectivity index (χ2v) is 6.16. The fourth-order valence-electron chi connectivity index (χ4n) is 2.96. The van der Waals surface area contributed by atoms with Crippen molar-refractivity contribution in [3.63, 3.8) is 0 Å². The molecule has 2 aromatic rings. The van der Waals surface area contributed by atoms with Crippen molar-refractivity contribution in [1.82, 2.24) is 0 Å². The van der Waals surface area contributed by atoms with Gasteiger partial charge in [0.1, 0.15) is 0 Å². The standard InChI is InChI=1S/C19H17N3O2/c1-11(2)17-15-9-14(6-7-16(15)22-19(17)24)21-18(23)13-5-3-4-12(8-13)10-20/h3-9,11,17H,1-2H3,(H,21,23)(H,22,24). The van der Waals surface area contributed by atoms with Gasteiger partial charge in [0.25, 0.3) is 5.91 Å². The molecule has 120 valence electrons. The van der Waals surface area contributed by atoms with Crippen LogP contribution in [0, 0.1) is 17.2 Å². The van der Waals surface area contributed by atoms with Crippen molar-refractivity contribution in [3.8, 4) is 6.07 Å². The van der Waals surface area contributed by atoms with Crippen LogP contribution in [0.3, 0.4) is 0 Å². The third-order valence-corrected chi connectivity index (χ3v) is 4.11. The third kappa shape index (κ3) is 2.86. The number of nitrogens with one attached hydrogen (secondary N) is 2. The summed E-state index contributed by atoms with van der Waals surface area (Å²) in [5.74, 6) is -0.334. The van der Waals surface area contributed by atoms with Crippen LogP contribution in [0.1, 0.15) is 41.3 Å². The molecule has 0 aromatic heterocycles. The number of carbonyl (C=O) groups is 2. The van der Waals surface area contributed by atoms with E-state index >= 15 is 0 Å². The molecule has 5 heteroatoms. The van der Waals surface area contributed by atoms with Gasteiger partial charge in [-0.1, -0.05) is 19.9 Å². The molecule has 1 unspecified atom stereocenters. The van der Waals surface area contributed by atoms with Crippen LogP contribution < -0.4 is 10.6 Å². The van der Waals surface area contributed by atoms with Gasteiger partial charge in [0.2, 0.25) is 5.91 Å². The fraction of sp³-hybridized carbons (Fsp3) is 0.211. The van der Waals surface area contributed by atoms with Crippen molar-refractivity contribution in [2.45, 2.75) is 19.8 Å². The molecule has 5 nitrogen and oxygen atoms in total. The van der Waals surface area contributed by atoms with E-state index in [1.54, 1.807) is 36.4 Å². The summed E-state index contributed by atoms with van der Waals surface area (Å²) in [7, 11) is 0. The van der Waals surface area contributed by atoms with Crippen molar-refractivity contribution in [1.29, 1.82) is 5.26 Å². The van der Waals surface area contributed by atoms with Gasteiger partial charge in [0.15, 0.2) is 0 Å². The highest BCUT2D eigenvalue weighted by Gasteiger charge is 2.33. The summed E-state index contributed by atoms with van der Waals surface area (Å²) < 4.78 is 0. The first kappa shape index (κ1) is 15.8. The van der Waals surface area contributed by atoms with E-state index in [9.17, 15) is 9.59 Å². The first-order valence-corrected chi connectivity index (χ1v) is 7.76. The minimum absolute atomic E-state index is 0.00908. The number of fused-ring (bicyclic) bond motifs is 1. The van der Waals surface area contributed by atoms with Crippen LogP contribution in [0.2, 0.25) is 0 Å². The quantitative estimate of drug-likeness (QED) is 0.908. The van der Waals surface area contributed by atoms with Crippen molar-refractivity contribution < 1.29 is 9.59 Å². The Labute approximate surface area is 140 Å². The van der Waals surface area contributed by atoms with Crippen LogP contribution in [0.5, 0.6) is 0 Å². The zero-order valence-electron chi connectivity index (χ0n) is 13.5. The number of anilines is 2. The van der Waals surface area contributed by atoms with Gasteiger partial charge in [-0.05, 0) is 47.9 Å². The van der Waals surface area contributed by atoms with Crippen molar-refractivity contribution in [2.75, 3.05) is 10.6 Å². The Hall–Kier alpha value is -3.13. The summed E-state index contributed by atoms with van der Waals surface area (Å²) in [4.78, 5) is 24.4. The largest absolute Gasteiger partial charge is 0.325 e. The summed E-state index contributed by atoms with van der Waals surface area (Å²) in [6, 6.07) is 13.9. The Morgan fingerprint density at radius 1 is 1.25 bits per heavy atom. The fourth-order valence-corrected chi connectivity index (χ4v) is 2.96. The SMILES string of the molecule is CC(C)C1C(=O)Nc2ccc(NC(=O)c3cccc(C#N)c3)cc21. The Morgan fingerprint density at radius 3 is 2.75 bits per heavy atom. The molecule has 0 aliphatic carbocycles. The minimum atomic E-state index is -0.287. The average Bonchev–Trinajstić information content (AvgIpc) is 2.90. The van der Waals surface area contributed by atoms with E-state index in [2.05, 4.69) is 10.6 Å². The molecule has 1 atom stereocenters. The van der Waals surface area contributed by atoms with E-state index in [1.807, 2.05) is 26.0 Å². The number of hydrogen-bond acceptors (Lipinski definition) is 3. The van der Waals surface area contributed by atoms with Crippen LogP contribution in [0.15, 0.2) is 42.5 Å². The highest BCUT2D eigenvalue weighted by molar-refractivity contribution is 6.06. The first-order chi connectivity index (χ1) is 11.5. The predicted octanol–water partition coefficient (Wildman–Crippen LogP) is 3.50. The van der Waals surface area contributed by atoms with Crippen molar-refractivity contribution >= 4 is 23.2 Å². The normalized spacial score (nSPS) is 15.6. The second kappa shape index (κ2) is 6.17. The molecular weight excluding hydrogens is 302 g/mol. The molecule has 1 aliphatic heterocycles. The first-order valence-electron chi connectivity index (χ1n) is 7.76. The average molecular weight is 319 g/mol. The van der Waals surface area contributed by atoms with Gasteiger partial charge in [-0.15, -0.1) is 0 Å². The lowest BCUT2D eigenvalue weighted by atomic mass is 9.89. The van der Waals surface area contributed by atoms with E-state index in [4.69, 9.17) is 5.26 Å². The molecule has 2 amide bonds. The molecule has 1 heterocycles. The summed E-state index contributed by atoms with van der Waals surface area (Å²) in [6.45, 7) is 4.00. The lowest BCUT2D eigenvalue weighted by molar-refractivity contribution is -0.117.